The molecule has 2 heterocycles. The number of nitrogens with zero attached hydrogens (tertiary/aromatic N) is 2. The van der Waals surface area contributed by atoms with E-state index in [0.717, 1.165) is 5.56 Å². The zero-order valence-corrected chi connectivity index (χ0v) is 15.2. The van der Waals surface area contributed by atoms with E-state index >= 15 is 0 Å². The monoisotopic (exact) mass is 387 g/mol. The fraction of sp³-hybridized carbons (Fsp3) is 0.118. The molecule has 1 aromatic carbocycles. The molecule has 0 aliphatic rings. The topological polar surface area (TPSA) is 126 Å². The van der Waals surface area contributed by atoms with Gasteiger partial charge in [-0.15, -0.1) is 0 Å². The molecule has 0 spiro atoms. The standard InChI is InChI=1S/C17H17N5O4S/c1-26-16-7-6-15(11-18-16)27(24,25)14-4-2-13(3-5-14)22-17(23)19-8-12-9-20-21-10-12/h2-7,9-11H,8H2,1H3,(H,20,21)(H2,19,22,23). The lowest BCUT2D eigenvalue weighted by molar-refractivity contribution is 0.251. The van der Waals surface area contributed by atoms with E-state index in [1.807, 2.05) is 0 Å². The van der Waals surface area contributed by atoms with Gasteiger partial charge in [0.15, 0.2) is 0 Å². The number of benzene rings is 1. The third-order valence-electron chi connectivity index (χ3n) is 3.66. The summed E-state index contributed by atoms with van der Waals surface area (Å²) in [6, 6.07) is 8.37. The largest absolute Gasteiger partial charge is 0.481 e. The number of hydrogen-bond acceptors (Lipinski definition) is 6. The van der Waals surface area contributed by atoms with Crippen LogP contribution in [0.3, 0.4) is 0 Å². The smallest absolute Gasteiger partial charge is 0.319 e. The Labute approximate surface area is 155 Å². The number of aromatic nitrogens is 3. The SMILES string of the molecule is COc1ccc(S(=O)(=O)c2ccc(NC(=O)NCc3cn[nH]c3)cc2)cn1. The number of hydrogen-bond donors (Lipinski definition) is 3. The Bertz CT molecular complexity index is 1000. The molecule has 0 aliphatic heterocycles. The molecular formula is C17H17N5O4S. The Morgan fingerprint density at radius 1 is 1.11 bits per heavy atom. The Morgan fingerprint density at radius 3 is 2.44 bits per heavy atom. The molecule has 0 saturated heterocycles. The third kappa shape index (κ3) is 4.42. The van der Waals surface area contributed by atoms with E-state index in [0.29, 0.717) is 18.1 Å². The number of aromatic amines is 1. The van der Waals surface area contributed by atoms with E-state index in [-0.39, 0.29) is 9.79 Å². The van der Waals surface area contributed by atoms with Crippen molar-refractivity contribution in [3.63, 3.8) is 0 Å². The summed E-state index contributed by atoms with van der Waals surface area (Å²) in [5.74, 6) is 0.329. The van der Waals surface area contributed by atoms with Crippen LogP contribution in [0, 0.1) is 0 Å². The van der Waals surface area contributed by atoms with Crippen molar-refractivity contribution < 1.29 is 17.9 Å². The lowest BCUT2D eigenvalue weighted by Gasteiger charge is -2.08. The highest BCUT2D eigenvalue weighted by Gasteiger charge is 2.18. The average molecular weight is 387 g/mol. The van der Waals surface area contributed by atoms with Gasteiger partial charge in [0.25, 0.3) is 0 Å². The van der Waals surface area contributed by atoms with Crippen molar-refractivity contribution in [2.45, 2.75) is 16.3 Å². The van der Waals surface area contributed by atoms with E-state index in [1.165, 1.54) is 49.7 Å². The molecule has 2 aromatic heterocycles. The van der Waals surface area contributed by atoms with Gasteiger partial charge in [-0.25, -0.2) is 18.2 Å². The molecule has 2 amide bonds. The summed E-state index contributed by atoms with van der Waals surface area (Å²) < 4.78 is 30.1. The molecule has 0 atom stereocenters. The Kier molecular flexibility index (Phi) is 5.36. The number of urea groups is 1. The summed E-state index contributed by atoms with van der Waals surface area (Å²) in [7, 11) is -2.25. The van der Waals surface area contributed by atoms with Crippen LogP contribution in [0.5, 0.6) is 5.88 Å². The summed E-state index contributed by atoms with van der Waals surface area (Å²) >= 11 is 0. The molecule has 9 nitrogen and oxygen atoms in total. The number of amides is 2. The highest BCUT2D eigenvalue weighted by molar-refractivity contribution is 7.91. The maximum atomic E-state index is 12.6. The number of nitrogens with one attached hydrogen (secondary N) is 3. The molecule has 0 unspecified atom stereocenters. The zero-order chi connectivity index (χ0) is 19.3. The molecule has 3 aromatic rings. The number of sulfone groups is 1. The van der Waals surface area contributed by atoms with Crippen molar-refractivity contribution in [1.82, 2.24) is 20.5 Å². The van der Waals surface area contributed by atoms with Crippen molar-refractivity contribution in [2.75, 3.05) is 12.4 Å². The first-order valence-electron chi connectivity index (χ1n) is 7.87. The Balaban J connectivity index is 1.65. The number of pyridine rings is 1. The molecule has 0 aliphatic carbocycles. The van der Waals surface area contributed by atoms with Crippen LogP contribution in [-0.2, 0) is 16.4 Å². The lowest BCUT2D eigenvalue weighted by atomic mass is 10.3. The van der Waals surface area contributed by atoms with Crippen molar-refractivity contribution >= 4 is 21.6 Å². The number of H-pyrrole nitrogens is 1. The molecule has 140 valence electrons. The molecule has 0 saturated carbocycles. The van der Waals surface area contributed by atoms with Crippen molar-refractivity contribution in [3.05, 3.63) is 60.6 Å². The van der Waals surface area contributed by atoms with Crippen LogP contribution in [0.25, 0.3) is 0 Å². The predicted octanol–water partition coefficient (Wildman–Crippen LogP) is 1.97. The number of carbonyl (C=O) groups is 1. The first-order valence-corrected chi connectivity index (χ1v) is 9.35. The lowest BCUT2D eigenvalue weighted by Crippen LogP contribution is -2.28. The molecule has 0 fully saturated rings. The van der Waals surface area contributed by atoms with E-state index < -0.39 is 15.9 Å². The van der Waals surface area contributed by atoms with Crippen LogP contribution in [0.4, 0.5) is 10.5 Å². The summed E-state index contributed by atoms with van der Waals surface area (Å²) in [6.07, 6.45) is 4.52. The number of anilines is 1. The first-order chi connectivity index (χ1) is 13.0. The maximum absolute atomic E-state index is 12.6. The number of carbonyl (C=O) groups excluding carboxylic acids is 1. The van der Waals surface area contributed by atoms with Gasteiger partial charge in [0.05, 0.1) is 23.1 Å². The molecule has 3 N–H and O–H groups in total. The van der Waals surface area contributed by atoms with Gasteiger partial charge in [0, 0.05) is 36.3 Å². The van der Waals surface area contributed by atoms with E-state index in [4.69, 9.17) is 4.74 Å². The molecule has 3 rings (SSSR count). The minimum Gasteiger partial charge on any atom is -0.481 e. The van der Waals surface area contributed by atoms with E-state index in [2.05, 4.69) is 25.8 Å². The van der Waals surface area contributed by atoms with Crippen LogP contribution < -0.4 is 15.4 Å². The fourth-order valence-corrected chi connectivity index (χ4v) is 3.44. The van der Waals surface area contributed by atoms with Gasteiger partial charge < -0.3 is 15.4 Å². The first kappa shape index (κ1) is 18.4. The van der Waals surface area contributed by atoms with Crippen LogP contribution in [0.15, 0.2) is 64.8 Å². The second-order valence-electron chi connectivity index (χ2n) is 5.48. The molecule has 27 heavy (non-hydrogen) atoms. The maximum Gasteiger partial charge on any atom is 0.319 e. The minimum absolute atomic E-state index is 0.0573. The van der Waals surface area contributed by atoms with Crippen LogP contribution in [0.1, 0.15) is 5.56 Å². The summed E-state index contributed by atoms with van der Waals surface area (Å²) in [6.45, 7) is 0.319. The third-order valence-corrected chi connectivity index (χ3v) is 5.41. The van der Waals surface area contributed by atoms with Crippen molar-refractivity contribution in [1.29, 1.82) is 0 Å². The number of rotatable bonds is 6. The van der Waals surface area contributed by atoms with Gasteiger partial charge in [-0.3, -0.25) is 5.10 Å². The molecular weight excluding hydrogens is 370 g/mol. The fourth-order valence-electron chi connectivity index (χ4n) is 2.23. The number of ether oxygens (including phenoxy) is 1. The average Bonchev–Trinajstić information content (AvgIpc) is 3.20. The highest BCUT2D eigenvalue weighted by Crippen LogP contribution is 2.23. The Morgan fingerprint density at radius 2 is 1.85 bits per heavy atom. The van der Waals surface area contributed by atoms with Crippen molar-refractivity contribution in [3.8, 4) is 5.88 Å². The summed E-state index contributed by atoms with van der Waals surface area (Å²) in [5, 5.41) is 11.7. The van der Waals surface area contributed by atoms with Gasteiger partial charge in [0.1, 0.15) is 0 Å². The van der Waals surface area contributed by atoms with Crippen LogP contribution in [-0.4, -0.2) is 36.7 Å². The van der Waals surface area contributed by atoms with Gasteiger partial charge in [-0.1, -0.05) is 0 Å². The van der Waals surface area contributed by atoms with E-state index in [1.54, 1.807) is 12.4 Å². The highest BCUT2D eigenvalue weighted by atomic mass is 32.2. The molecule has 10 heteroatoms. The predicted molar refractivity (Wildman–Crippen MR) is 97.1 cm³/mol. The quantitative estimate of drug-likeness (QED) is 0.594. The Hall–Kier alpha value is -3.40. The van der Waals surface area contributed by atoms with Gasteiger partial charge in [0.2, 0.25) is 15.7 Å². The van der Waals surface area contributed by atoms with E-state index in [9.17, 15) is 13.2 Å². The van der Waals surface area contributed by atoms with Gasteiger partial charge in [-0.05, 0) is 30.3 Å². The van der Waals surface area contributed by atoms with Crippen LogP contribution >= 0.6 is 0 Å². The second kappa shape index (κ2) is 7.87. The minimum atomic E-state index is -3.71. The molecule has 0 radical (unpaired) electrons. The number of methoxy groups -OCH3 is 1. The zero-order valence-electron chi connectivity index (χ0n) is 14.3. The normalized spacial score (nSPS) is 11.0. The van der Waals surface area contributed by atoms with Gasteiger partial charge >= 0.3 is 6.03 Å². The van der Waals surface area contributed by atoms with Crippen LogP contribution in [0.2, 0.25) is 0 Å². The van der Waals surface area contributed by atoms with Crippen molar-refractivity contribution in [2.24, 2.45) is 0 Å². The second-order valence-corrected chi connectivity index (χ2v) is 7.43. The van der Waals surface area contributed by atoms with Gasteiger partial charge in [-0.2, -0.15) is 5.10 Å². The molecule has 0 bridgehead atoms. The summed E-state index contributed by atoms with van der Waals surface area (Å²) in [5.41, 5.74) is 1.30. The summed E-state index contributed by atoms with van der Waals surface area (Å²) in [4.78, 5) is 15.9.